The molecule has 37 heavy (non-hydrogen) atoms. The number of aliphatic carboxylic acids is 1. The summed E-state index contributed by atoms with van der Waals surface area (Å²) in [5.41, 5.74) is 1.04. The van der Waals surface area contributed by atoms with E-state index >= 15 is 0 Å². The number of hydrogen-bond donors (Lipinski definition) is 3. The Hall–Kier alpha value is -3.77. The summed E-state index contributed by atoms with van der Waals surface area (Å²) in [7, 11) is -3.94. The van der Waals surface area contributed by atoms with E-state index in [0.717, 1.165) is 5.56 Å². The molecule has 194 valence electrons. The number of carboxylic acid groups (broad SMARTS) is 1. The fourth-order valence-electron chi connectivity index (χ4n) is 4.11. The van der Waals surface area contributed by atoms with Gasteiger partial charge >= 0.3 is 5.97 Å². The number of anilines is 3. The molecule has 3 aromatic rings. The van der Waals surface area contributed by atoms with Gasteiger partial charge in [-0.15, -0.1) is 0 Å². The van der Waals surface area contributed by atoms with Crippen LogP contribution >= 0.6 is 11.6 Å². The fourth-order valence-corrected chi connectivity index (χ4v) is 5.29. The van der Waals surface area contributed by atoms with E-state index in [1.54, 1.807) is 0 Å². The van der Waals surface area contributed by atoms with Crippen molar-refractivity contribution in [2.24, 2.45) is 5.92 Å². The molecule has 0 unspecified atom stereocenters. The maximum atomic E-state index is 13.0. The number of rotatable bonds is 8. The number of hydrogen-bond acceptors (Lipinski definition) is 9. The predicted molar refractivity (Wildman–Crippen MR) is 137 cm³/mol. The molecule has 2 aromatic carbocycles. The summed E-state index contributed by atoms with van der Waals surface area (Å²) in [6, 6.07) is 11.3. The number of aromatic nitrogens is 2. The second-order valence-electron chi connectivity index (χ2n) is 8.63. The van der Waals surface area contributed by atoms with Gasteiger partial charge in [-0.25, -0.2) is 13.4 Å². The summed E-state index contributed by atoms with van der Waals surface area (Å²) in [6.45, 7) is 1.45. The molecule has 1 aromatic heterocycles. The normalized spacial score (nSPS) is 15.4. The van der Waals surface area contributed by atoms with Crippen molar-refractivity contribution >= 4 is 45.0 Å². The maximum absolute atomic E-state index is 13.0. The molecule has 5 rings (SSSR count). The molecule has 13 heteroatoms. The van der Waals surface area contributed by atoms with Gasteiger partial charge in [-0.3, -0.25) is 9.52 Å². The molecule has 3 N–H and O–H groups in total. The van der Waals surface area contributed by atoms with E-state index in [9.17, 15) is 18.3 Å². The largest absolute Gasteiger partial charge is 0.481 e. The average molecular weight is 546 g/mol. The first-order valence-corrected chi connectivity index (χ1v) is 13.4. The number of carbonyl (C=O) groups is 1. The molecule has 0 saturated carbocycles. The van der Waals surface area contributed by atoms with Crippen LogP contribution in [-0.4, -0.2) is 49.3 Å². The van der Waals surface area contributed by atoms with Crippen molar-refractivity contribution in [3.05, 3.63) is 59.2 Å². The minimum Gasteiger partial charge on any atom is -0.481 e. The van der Waals surface area contributed by atoms with Gasteiger partial charge in [-0.2, -0.15) is 4.98 Å². The van der Waals surface area contributed by atoms with Crippen LogP contribution in [0, 0.1) is 5.92 Å². The number of benzene rings is 2. The van der Waals surface area contributed by atoms with Gasteiger partial charge in [0, 0.05) is 24.7 Å². The number of sulfonamides is 1. The summed E-state index contributed by atoms with van der Waals surface area (Å²) in [6.07, 6.45) is 2.36. The second kappa shape index (κ2) is 10.3. The van der Waals surface area contributed by atoms with Gasteiger partial charge in [-0.05, 0) is 54.8 Å². The number of fused-ring (bicyclic) bond motifs is 1. The Morgan fingerprint density at radius 1 is 1.11 bits per heavy atom. The van der Waals surface area contributed by atoms with Gasteiger partial charge in [0.15, 0.2) is 17.3 Å². The molecule has 0 amide bonds. The highest BCUT2D eigenvalue weighted by Crippen LogP contribution is 2.33. The van der Waals surface area contributed by atoms with E-state index in [2.05, 4.69) is 20.0 Å². The van der Waals surface area contributed by atoms with Gasteiger partial charge in [0.2, 0.25) is 12.7 Å². The van der Waals surface area contributed by atoms with Crippen LogP contribution in [0.5, 0.6) is 11.5 Å². The summed E-state index contributed by atoms with van der Waals surface area (Å²) in [5, 5.41) is 12.9. The molecule has 0 radical (unpaired) electrons. The van der Waals surface area contributed by atoms with Crippen molar-refractivity contribution in [3.63, 3.8) is 0 Å². The first-order chi connectivity index (χ1) is 17.8. The first kappa shape index (κ1) is 24.9. The van der Waals surface area contributed by atoms with Gasteiger partial charge in [0.1, 0.15) is 5.69 Å². The number of carboxylic acids is 1. The lowest BCUT2D eigenvalue weighted by Crippen LogP contribution is -2.37. The highest BCUT2D eigenvalue weighted by Gasteiger charge is 2.27. The van der Waals surface area contributed by atoms with Crippen molar-refractivity contribution in [1.82, 2.24) is 9.97 Å². The van der Waals surface area contributed by atoms with Crippen LogP contribution in [-0.2, 0) is 21.4 Å². The average Bonchev–Trinajstić information content (AvgIpc) is 3.36. The van der Waals surface area contributed by atoms with Gasteiger partial charge in [-0.1, -0.05) is 17.7 Å². The zero-order chi connectivity index (χ0) is 26.0. The highest BCUT2D eigenvalue weighted by molar-refractivity contribution is 7.92. The molecular formula is C24H24ClN5O6S. The number of ether oxygens (including phenoxy) is 2. The van der Waals surface area contributed by atoms with Crippen LogP contribution in [0.3, 0.4) is 0 Å². The lowest BCUT2D eigenvalue weighted by atomic mass is 9.97. The van der Waals surface area contributed by atoms with E-state index in [1.807, 2.05) is 23.1 Å². The third-order valence-corrected chi connectivity index (χ3v) is 7.80. The Balaban J connectivity index is 1.40. The fraction of sp³-hybridized carbons (Fsp3) is 0.292. The minimum atomic E-state index is -3.94. The third-order valence-electron chi connectivity index (χ3n) is 6.17. The second-order valence-corrected chi connectivity index (χ2v) is 10.8. The Morgan fingerprint density at radius 3 is 2.57 bits per heavy atom. The van der Waals surface area contributed by atoms with Crippen molar-refractivity contribution in [2.75, 3.05) is 34.8 Å². The summed E-state index contributed by atoms with van der Waals surface area (Å²) >= 11 is 5.90. The zero-order valence-corrected chi connectivity index (χ0v) is 21.1. The van der Waals surface area contributed by atoms with E-state index in [0.29, 0.717) is 54.9 Å². The van der Waals surface area contributed by atoms with Crippen LogP contribution in [0.25, 0.3) is 0 Å². The number of nitrogens with one attached hydrogen (secondary N) is 2. The van der Waals surface area contributed by atoms with Crippen molar-refractivity contribution < 1.29 is 27.8 Å². The Kier molecular flexibility index (Phi) is 6.94. The zero-order valence-electron chi connectivity index (χ0n) is 19.6. The molecule has 2 aliphatic rings. The van der Waals surface area contributed by atoms with Crippen molar-refractivity contribution in [3.8, 4) is 11.5 Å². The third kappa shape index (κ3) is 5.65. The molecule has 3 heterocycles. The SMILES string of the molecule is O=C(O)C1CCN(c2ncc(NS(=O)(=O)c3ccc(Cl)cc3)c(NCc3ccc4c(c3)OCO4)n2)CC1. The van der Waals surface area contributed by atoms with E-state index in [-0.39, 0.29) is 23.2 Å². The van der Waals surface area contributed by atoms with Gasteiger partial charge < -0.3 is 24.8 Å². The summed E-state index contributed by atoms with van der Waals surface area (Å²) in [4.78, 5) is 22.2. The Bertz CT molecular complexity index is 1410. The lowest BCUT2D eigenvalue weighted by molar-refractivity contribution is -0.142. The first-order valence-electron chi connectivity index (χ1n) is 11.5. The van der Waals surface area contributed by atoms with Crippen molar-refractivity contribution in [1.29, 1.82) is 0 Å². The Labute approximate surface area is 218 Å². The molecule has 0 aliphatic carbocycles. The molecule has 2 aliphatic heterocycles. The molecule has 1 saturated heterocycles. The predicted octanol–water partition coefficient (Wildman–Crippen LogP) is 3.57. The van der Waals surface area contributed by atoms with Gasteiger partial charge in [0.25, 0.3) is 10.0 Å². The van der Waals surface area contributed by atoms with E-state index in [1.165, 1.54) is 30.5 Å². The molecule has 0 atom stereocenters. The minimum absolute atomic E-state index is 0.0402. The summed E-state index contributed by atoms with van der Waals surface area (Å²) in [5.74, 6) is 0.748. The standard InChI is InChI=1S/C24H24ClN5O6S/c25-17-2-4-18(5-3-17)37(33,34)29-19-13-27-24(30-9-7-16(8-10-30)23(31)32)28-22(19)26-12-15-1-6-20-21(11-15)36-14-35-20/h1-6,11,13,16,29H,7-10,12,14H2,(H,31,32)(H,26,27,28). The van der Waals surface area contributed by atoms with Crippen molar-refractivity contribution in [2.45, 2.75) is 24.3 Å². The topological polar surface area (TPSA) is 143 Å². The molecule has 11 nitrogen and oxygen atoms in total. The maximum Gasteiger partial charge on any atom is 0.306 e. The molecule has 1 fully saturated rings. The van der Waals surface area contributed by atoms with Crippen LogP contribution in [0.1, 0.15) is 18.4 Å². The van der Waals surface area contributed by atoms with Crippen LogP contribution in [0.4, 0.5) is 17.5 Å². The van der Waals surface area contributed by atoms with E-state index in [4.69, 9.17) is 21.1 Å². The quantitative estimate of drug-likeness (QED) is 0.384. The molecular weight excluding hydrogens is 522 g/mol. The monoisotopic (exact) mass is 545 g/mol. The number of halogens is 1. The summed E-state index contributed by atoms with van der Waals surface area (Å²) < 4.78 is 39.4. The molecule has 0 spiro atoms. The smallest absolute Gasteiger partial charge is 0.306 e. The van der Waals surface area contributed by atoms with Crippen LogP contribution in [0.15, 0.2) is 53.6 Å². The van der Waals surface area contributed by atoms with Crippen LogP contribution in [0.2, 0.25) is 5.02 Å². The Morgan fingerprint density at radius 2 is 1.84 bits per heavy atom. The van der Waals surface area contributed by atoms with Crippen LogP contribution < -0.4 is 24.4 Å². The number of piperidine rings is 1. The lowest BCUT2D eigenvalue weighted by Gasteiger charge is -2.30. The van der Waals surface area contributed by atoms with E-state index < -0.39 is 21.9 Å². The molecule has 0 bridgehead atoms. The highest BCUT2D eigenvalue weighted by atomic mass is 35.5. The number of nitrogens with zero attached hydrogens (tertiary/aromatic N) is 3. The van der Waals surface area contributed by atoms with Gasteiger partial charge in [0.05, 0.1) is 17.0 Å².